The van der Waals surface area contributed by atoms with Crippen LogP contribution in [0.5, 0.6) is 0 Å². The molecule has 0 saturated heterocycles. The van der Waals surface area contributed by atoms with Crippen molar-refractivity contribution in [1.82, 2.24) is 10.2 Å². The summed E-state index contributed by atoms with van der Waals surface area (Å²) < 4.78 is 13.5. The van der Waals surface area contributed by atoms with Gasteiger partial charge in [0.15, 0.2) is 11.6 Å². The maximum atomic E-state index is 13.5. The van der Waals surface area contributed by atoms with Crippen LogP contribution in [0.3, 0.4) is 0 Å². The van der Waals surface area contributed by atoms with Crippen LogP contribution in [-0.2, 0) is 0 Å². The molecule has 0 unspecified atom stereocenters. The molecule has 0 radical (unpaired) electrons. The van der Waals surface area contributed by atoms with Crippen LogP contribution in [0.2, 0.25) is 0 Å². The lowest BCUT2D eigenvalue weighted by Gasteiger charge is -2.17. The molecule has 5 nitrogen and oxygen atoms in total. The van der Waals surface area contributed by atoms with Crippen molar-refractivity contribution in [1.29, 1.82) is 0 Å². The van der Waals surface area contributed by atoms with Gasteiger partial charge in [-0.3, -0.25) is 4.79 Å². The number of rotatable bonds is 6. The molecule has 0 fully saturated rings. The summed E-state index contributed by atoms with van der Waals surface area (Å²) in [5.74, 6) is -0.0819. The van der Waals surface area contributed by atoms with E-state index in [2.05, 4.69) is 22.4 Å². The van der Waals surface area contributed by atoms with Crippen LogP contribution in [0.4, 0.5) is 16.0 Å². The lowest BCUT2D eigenvalue weighted by atomic mass is 10.2. The van der Waals surface area contributed by atoms with Gasteiger partial charge in [-0.2, -0.15) is 0 Å². The molecule has 0 saturated carbocycles. The molecule has 2 rings (SSSR count). The average molecular weight is 302 g/mol. The Bertz CT molecular complexity index is 630. The number of amides is 1. The van der Waals surface area contributed by atoms with Gasteiger partial charge in [0.05, 0.1) is 5.56 Å². The minimum absolute atomic E-state index is 0.0200. The molecule has 1 aromatic heterocycles. The number of benzene rings is 1. The van der Waals surface area contributed by atoms with E-state index in [0.29, 0.717) is 5.82 Å². The number of carbonyl (C=O) groups excluding carboxylic acids is 1. The molecule has 1 amide bonds. The number of hydrogen-bond donors (Lipinski definition) is 1. The summed E-state index contributed by atoms with van der Waals surface area (Å²) in [5, 5.41) is 10.6. The van der Waals surface area contributed by atoms with E-state index in [0.717, 1.165) is 25.2 Å². The smallest absolute Gasteiger partial charge is 0.259 e. The number of carbonyl (C=O) groups is 1. The van der Waals surface area contributed by atoms with E-state index in [9.17, 15) is 9.18 Å². The molecule has 2 aromatic rings. The van der Waals surface area contributed by atoms with Crippen molar-refractivity contribution in [3.63, 3.8) is 0 Å². The Labute approximate surface area is 129 Å². The SMILES string of the molecule is CCCCN(C)c1ccc(NC(=O)c2ccccc2F)nn1. The number of nitrogens with one attached hydrogen (secondary N) is 1. The quantitative estimate of drug-likeness (QED) is 0.891. The highest BCUT2D eigenvalue weighted by atomic mass is 19.1. The molecular weight excluding hydrogens is 283 g/mol. The third-order valence-electron chi connectivity index (χ3n) is 3.25. The first kappa shape index (κ1) is 15.9. The third-order valence-corrected chi connectivity index (χ3v) is 3.25. The van der Waals surface area contributed by atoms with Gasteiger partial charge in [0.25, 0.3) is 5.91 Å². The van der Waals surface area contributed by atoms with Gasteiger partial charge in [0, 0.05) is 13.6 Å². The summed E-state index contributed by atoms with van der Waals surface area (Å²) in [5.41, 5.74) is -0.0200. The molecule has 0 aliphatic heterocycles. The van der Waals surface area contributed by atoms with Crippen molar-refractivity contribution in [2.45, 2.75) is 19.8 Å². The summed E-state index contributed by atoms with van der Waals surface area (Å²) in [4.78, 5) is 14.0. The third kappa shape index (κ3) is 4.00. The Morgan fingerprint density at radius 2 is 2.00 bits per heavy atom. The van der Waals surface area contributed by atoms with E-state index in [1.165, 1.54) is 18.2 Å². The molecule has 0 spiro atoms. The van der Waals surface area contributed by atoms with Crippen LogP contribution < -0.4 is 10.2 Å². The maximum Gasteiger partial charge on any atom is 0.259 e. The van der Waals surface area contributed by atoms with Crippen molar-refractivity contribution < 1.29 is 9.18 Å². The first-order chi connectivity index (χ1) is 10.6. The van der Waals surface area contributed by atoms with Crippen LogP contribution >= 0.6 is 0 Å². The number of halogens is 1. The van der Waals surface area contributed by atoms with E-state index in [-0.39, 0.29) is 5.56 Å². The molecule has 1 heterocycles. The van der Waals surface area contributed by atoms with Gasteiger partial charge in [-0.15, -0.1) is 10.2 Å². The summed E-state index contributed by atoms with van der Waals surface area (Å²) in [6, 6.07) is 9.24. The highest BCUT2D eigenvalue weighted by Gasteiger charge is 2.12. The average Bonchev–Trinajstić information content (AvgIpc) is 2.53. The number of unbranched alkanes of at least 4 members (excludes halogenated alkanes) is 1. The molecule has 1 N–H and O–H groups in total. The van der Waals surface area contributed by atoms with E-state index in [1.54, 1.807) is 18.2 Å². The normalized spacial score (nSPS) is 10.3. The number of nitrogens with zero attached hydrogens (tertiary/aromatic N) is 3. The first-order valence-corrected chi connectivity index (χ1v) is 7.22. The highest BCUT2D eigenvalue weighted by Crippen LogP contribution is 2.13. The van der Waals surface area contributed by atoms with Crippen LogP contribution in [-0.4, -0.2) is 29.7 Å². The van der Waals surface area contributed by atoms with Crippen LogP contribution in [0, 0.1) is 5.82 Å². The van der Waals surface area contributed by atoms with Gasteiger partial charge >= 0.3 is 0 Å². The summed E-state index contributed by atoms with van der Waals surface area (Å²) in [6.45, 7) is 3.02. The lowest BCUT2D eigenvalue weighted by molar-refractivity contribution is 0.102. The second kappa shape index (κ2) is 7.49. The van der Waals surface area contributed by atoms with Crippen molar-refractivity contribution in [3.8, 4) is 0 Å². The fourth-order valence-electron chi connectivity index (χ4n) is 1.93. The number of anilines is 2. The lowest BCUT2D eigenvalue weighted by Crippen LogP contribution is -2.20. The van der Waals surface area contributed by atoms with Crippen molar-refractivity contribution in [3.05, 3.63) is 47.8 Å². The Kier molecular flexibility index (Phi) is 5.41. The zero-order valence-electron chi connectivity index (χ0n) is 12.7. The Balaban J connectivity index is 2.02. The molecule has 0 atom stereocenters. The standard InChI is InChI=1S/C16H19FN4O/c1-3-4-11-21(2)15-10-9-14(19-20-15)18-16(22)12-7-5-6-8-13(12)17/h5-10H,3-4,11H2,1-2H3,(H,18,19,22). The zero-order chi connectivity index (χ0) is 15.9. The summed E-state index contributed by atoms with van der Waals surface area (Å²) in [6.07, 6.45) is 2.18. The topological polar surface area (TPSA) is 58.1 Å². The van der Waals surface area contributed by atoms with E-state index >= 15 is 0 Å². The number of hydrogen-bond acceptors (Lipinski definition) is 4. The van der Waals surface area contributed by atoms with Crippen LogP contribution in [0.1, 0.15) is 30.1 Å². The maximum absolute atomic E-state index is 13.5. The van der Waals surface area contributed by atoms with Gasteiger partial charge in [-0.1, -0.05) is 25.5 Å². The highest BCUT2D eigenvalue weighted by molar-refractivity contribution is 6.03. The molecule has 22 heavy (non-hydrogen) atoms. The fraction of sp³-hybridized carbons (Fsp3) is 0.312. The Morgan fingerprint density at radius 3 is 2.64 bits per heavy atom. The summed E-state index contributed by atoms with van der Waals surface area (Å²) in [7, 11) is 1.94. The molecule has 0 aliphatic rings. The van der Waals surface area contributed by atoms with Gasteiger partial charge in [-0.05, 0) is 30.7 Å². The predicted molar refractivity (Wildman–Crippen MR) is 84.6 cm³/mol. The second-order valence-corrected chi connectivity index (χ2v) is 4.99. The summed E-state index contributed by atoms with van der Waals surface area (Å²) >= 11 is 0. The van der Waals surface area contributed by atoms with Gasteiger partial charge in [-0.25, -0.2) is 4.39 Å². The van der Waals surface area contributed by atoms with Crippen molar-refractivity contribution >= 4 is 17.5 Å². The van der Waals surface area contributed by atoms with Crippen LogP contribution in [0.25, 0.3) is 0 Å². The molecule has 116 valence electrons. The van der Waals surface area contributed by atoms with E-state index < -0.39 is 11.7 Å². The second-order valence-electron chi connectivity index (χ2n) is 4.99. The largest absolute Gasteiger partial charge is 0.358 e. The van der Waals surface area contributed by atoms with Gasteiger partial charge in [0.2, 0.25) is 0 Å². The Morgan fingerprint density at radius 1 is 1.23 bits per heavy atom. The number of aromatic nitrogens is 2. The monoisotopic (exact) mass is 302 g/mol. The van der Waals surface area contributed by atoms with E-state index in [4.69, 9.17) is 0 Å². The fourth-order valence-corrected chi connectivity index (χ4v) is 1.93. The minimum Gasteiger partial charge on any atom is -0.358 e. The molecule has 0 bridgehead atoms. The molecule has 6 heteroatoms. The van der Waals surface area contributed by atoms with Crippen molar-refractivity contribution in [2.24, 2.45) is 0 Å². The first-order valence-electron chi connectivity index (χ1n) is 7.22. The minimum atomic E-state index is -0.566. The van der Waals surface area contributed by atoms with Gasteiger partial charge < -0.3 is 10.2 Å². The predicted octanol–water partition coefficient (Wildman–Crippen LogP) is 3.10. The van der Waals surface area contributed by atoms with Gasteiger partial charge in [0.1, 0.15) is 5.82 Å². The molecule has 1 aromatic carbocycles. The Hall–Kier alpha value is -2.50. The molecule has 0 aliphatic carbocycles. The van der Waals surface area contributed by atoms with E-state index in [1.807, 2.05) is 11.9 Å². The van der Waals surface area contributed by atoms with Crippen molar-refractivity contribution in [2.75, 3.05) is 23.8 Å². The molecular formula is C16H19FN4O. The zero-order valence-corrected chi connectivity index (χ0v) is 12.7. The van der Waals surface area contributed by atoms with Crippen LogP contribution in [0.15, 0.2) is 36.4 Å².